The monoisotopic (exact) mass is 418 g/mol. The molecule has 0 aliphatic heterocycles. The van der Waals surface area contributed by atoms with E-state index in [0.29, 0.717) is 5.02 Å². The molecule has 2 nitrogen and oxygen atoms in total. The third-order valence-electron chi connectivity index (χ3n) is 2.93. The van der Waals surface area contributed by atoms with Crippen molar-refractivity contribution in [1.29, 1.82) is 0 Å². The van der Waals surface area contributed by atoms with Crippen molar-refractivity contribution in [2.45, 2.75) is 4.83 Å². The van der Waals surface area contributed by atoms with Crippen LogP contribution in [0.3, 0.4) is 0 Å². The number of hydrogen-bond donors (Lipinski definition) is 0. The van der Waals surface area contributed by atoms with Gasteiger partial charge in [0.15, 0.2) is 0 Å². The second-order valence-corrected chi connectivity index (χ2v) is 6.40. The maximum absolute atomic E-state index is 6.09. The van der Waals surface area contributed by atoms with Crippen LogP contribution in [0.5, 0.6) is 11.5 Å². The van der Waals surface area contributed by atoms with E-state index in [-0.39, 0.29) is 4.83 Å². The fourth-order valence-electron chi connectivity index (χ4n) is 1.97. The van der Waals surface area contributed by atoms with Crippen molar-refractivity contribution < 1.29 is 9.47 Å². The number of methoxy groups -OCH3 is 2. The first-order valence-electron chi connectivity index (χ1n) is 5.87. The number of alkyl halides is 1. The number of halogens is 3. The molecule has 1 unspecified atom stereocenters. The van der Waals surface area contributed by atoms with Crippen molar-refractivity contribution in [3.8, 4) is 11.5 Å². The molecule has 106 valence electrons. The van der Waals surface area contributed by atoms with Crippen molar-refractivity contribution in [2.24, 2.45) is 0 Å². The quantitative estimate of drug-likeness (QED) is 0.599. The summed E-state index contributed by atoms with van der Waals surface area (Å²) >= 11 is 13.2. The Morgan fingerprint density at radius 3 is 2.30 bits per heavy atom. The molecule has 0 N–H and O–H groups in total. The lowest BCUT2D eigenvalue weighted by Crippen LogP contribution is -2.00. The van der Waals surface area contributed by atoms with E-state index in [1.165, 1.54) is 0 Å². The molecular weight excluding hydrogens is 407 g/mol. The van der Waals surface area contributed by atoms with Gasteiger partial charge >= 0.3 is 0 Å². The summed E-state index contributed by atoms with van der Waals surface area (Å²) in [6, 6.07) is 11.5. The molecule has 5 heteroatoms. The third kappa shape index (κ3) is 3.30. The van der Waals surface area contributed by atoms with Crippen LogP contribution in [0.15, 0.2) is 40.9 Å². The predicted octanol–water partition coefficient (Wildman–Crippen LogP) is 5.60. The summed E-state index contributed by atoms with van der Waals surface area (Å²) in [5.74, 6) is 1.57. The maximum Gasteiger partial charge on any atom is 0.124 e. The molecule has 0 saturated carbocycles. The van der Waals surface area contributed by atoms with Crippen molar-refractivity contribution in [3.05, 3.63) is 57.0 Å². The summed E-state index contributed by atoms with van der Waals surface area (Å²) in [5, 5.41) is 0.668. The van der Waals surface area contributed by atoms with Crippen LogP contribution in [-0.2, 0) is 0 Å². The second-order valence-electron chi connectivity index (χ2n) is 4.14. The molecule has 0 aliphatic carbocycles. The highest BCUT2D eigenvalue weighted by molar-refractivity contribution is 9.10. The first kappa shape index (κ1) is 15.7. The second kappa shape index (κ2) is 6.83. The molecule has 20 heavy (non-hydrogen) atoms. The topological polar surface area (TPSA) is 18.5 Å². The SMILES string of the molecule is COc1cc(Br)ccc1C(Br)c1cc(Cl)ccc1OC. The molecule has 0 bridgehead atoms. The zero-order valence-corrected chi connectivity index (χ0v) is 14.9. The van der Waals surface area contributed by atoms with Crippen molar-refractivity contribution in [3.63, 3.8) is 0 Å². The smallest absolute Gasteiger partial charge is 0.124 e. The highest BCUT2D eigenvalue weighted by Crippen LogP contribution is 2.42. The van der Waals surface area contributed by atoms with Crippen molar-refractivity contribution >= 4 is 43.5 Å². The van der Waals surface area contributed by atoms with Gasteiger partial charge in [0.25, 0.3) is 0 Å². The average molecular weight is 421 g/mol. The molecule has 1 atom stereocenters. The van der Waals surface area contributed by atoms with E-state index < -0.39 is 0 Å². The Kier molecular flexibility index (Phi) is 5.35. The van der Waals surface area contributed by atoms with Gasteiger partial charge in [0.1, 0.15) is 11.5 Å². The Morgan fingerprint density at radius 2 is 1.65 bits per heavy atom. The van der Waals surface area contributed by atoms with Crippen LogP contribution in [0.4, 0.5) is 0 Å². The van der Waals surface area contributed by atoms with E-state index in [0.717, 1.165) is 27.1 Å². The van der Waals surface area contributed by atoms with E-state index in [2.05, 4.69) is 31.9 Å². The summed E-state index contributed by atoms with van der Waals surface area (Å²) in [5.41, 5.74) is 1.97. The van der Waals surface area contributed by atoms with Gasteiger partial charge in [-0.3, -0.25) is 0 Å². The largest absolute Gasteiger partial charge is 0.496 e. The predicted molar refractivity (Wildman–Crippen MR) is 89.5 cm³/mol. The molecule has 0 aromatic heterocycles. The Balaban J connectivity index is 2.51. The molecule has 0 spiro atoms. The minimum Gasteiger partial charge on any atom is -0.496 e. The average Bonchev–Trinajstić information content (AvgIpc) is 2.46. The van der Waals surface area contributed by atoms with Crippen LogP contribution in [0.1, 0.15) is 16.0 Å². The lowest BCUT2D eigenvalue weighted by Gasteiger charge is -2.18. The van der Waals surface area contributed by atoms with E-state index in [1.54, 1.807) is 14.2 Å². The summed E-state index contributed by atoms with van der Waals surface area (Å²) in [6.45, 7) is 0. The Labute approximate surface area is 140 Å². The molecule has 0 amide bonds. The summed E-state index contributed by atoms with van der Waals surface area (Å²) < 4.78 is 11.8. The lowest BCUT2D eigenvalue weighted by molar-refractivity contribution is 0.405. The van der Waals surface area contributed by atoms with Crippen LogP contribution in [-0.4, -0.2) is 14.2 Å². The zero-order valence-electron chi connectivity index (χ0n) is 11.0. The van der Waals surface area contributed by atoms with E-state index in [9.17, 15) is 0 Å². The molecule has 0 radical (unpaired) electrons. The van der Waals surface area contributed by atoms with Gasteiger partial charge in [-0.1, -0.05) is 49.5 Å². The molecule has 0 aliphatic rings. The van der Waals surface area contributed by atoms with Gasteiger partial charge in [0, 0.05) is 20.6 Å². The van der Waals surface area contributed by atoms with E-state index >= 15 is 0 Å². The van der Waals surface area contributed by atoms with E-state index in [1.807, 2.05) is 36.4 Å². The van der Waals surface area contributed by atoms with E-state index in [4.69, 9.17) is 21.1 Å². The van der Waals surface area contributed by atoms with Crippen LogP contribution < -0.4 is 9.47 Å². The molecule has 0 saturated heterocycles. The van der Waals surface area contributed by atoms with Gasteiger partial charge in [-0.05, 0) is 30.3 Å². The summed E-state index contributed by atoms with van der Waals surface area (Å²) in [7, 11) is 3.30. The Bertz CT molecular complexity index is 617. The van der Waals surface area contributed by atoms with Crippen molar-refractivity contribution in [1.82, 2.24) is 0 Å². The fourth-order valence-corrected chi connectivity index (χ4v) is 3.22. The number of rotatable bonds is 4. The van der Waals surface area contributed by atoms with Gasteiger partial charge < -0.3 is 9.47 Å². The van der Waals surface area contributed by atoms with Crippen LogP contribution in [0.2, 0.25) is 5.02 Å². The fraction of sp³-hybridized carbons (Fsp3) is 0.200. The molecule has 2 aromatic rings. The maximum atomic E-state index is 6.09. The number of ether oxygens (including phenoxy) is 2. The van der Waals surface area contributed by atoms with Gasteiger partial charge in [-0.2, -0.15) is 0 Å². The lowest BCUT2D eigenvalue weighted by atomic mass is 10.0. The van der Waals surface area contributed by atoms with Crippen LogP contribution in [0, 0.1) is 0 Å². The number of benzene rings is 2. The Morgan fingerprint density at radius 1 is 0.950 bits per heavy atom. The summed E-state index contributed by atoms with van der Waals surface area (Å²) in [6.07, 6.45) is 0. The summed E-state index contributed by atoms with van der Waals surface area (Å²) in [4.78, 5) is -0.0702. The molecular formula is C15H13Br2ClO2. The Hall–Kier alpha value is -0.710. The third-order valence-corrected chi connectivity index (χ3v) is 4.65. The molecule has 2 rings (SSSR count). The molecule has 0 fully saturated rings. The zero-order chi connectivity index (χ0) is 14.7. The van der Waals surface area contributed by atoms with Gasteiger partial charge in [-0.25, -0.2) is 0 Å². The minimum atomic E-state index is -0.0702. The first-order chi connectivity index (χ1) is 9.56. The highest BCUT2D eigenvalue weighted by atomic mass is 79.9. The van der Waals surface area contributed by atoms with Crippen LogP contribution >= 0.6 is 43.5 Å². The highest BCUT2D eigenvalue weighted by Gasteiger charge is 2.19. The first-order valence-corrected chi connectivity index (χ1v) is 7.96. The number of hydrogen-bond acceptors (Lipinski definition) is 2. The van der Waals surface area contributed by atoms with Gasteiger partial charge in [0.2, 0.25) is 0 Å². The van der Waals surface area contributed by atoms with Gasteiger partial charge in [-0.15, -0.1) is 0 Å². The van der Waals surface area contributed by atoms with Crippen LogP contribution in [0.25, 0.3) is 0 Å². The minimum absolute atomic E-state index is 0.0702. The molecule has 0 heterocycles. The molecule has 2 aromatic carbocycles. The standard InChI is InChI=1S/C15H13Br2ClO2/c1-19-13-6-4-10(18)8-12(13)15(17)11-5-3-9(16)7-14(11)20-2/h3-8,15H,1-2H3. The van der Waals surface area contributed by atoms with Gasteiger partial charge in [0.05, 0.1) is 19.0 Å². The normalized spacial score (nSPS) is 12.1. The van der Waals surface area contributed by atoms with Crippen molar-refractivity contribution in [2.75, 3.05) is 14.2 Å².